The van der Waals surface area contributed by atoms with E-state index >= 15 is 0 Å². The van der Waals surface area contributed by atoms with Gasteiger partial charge in [0.25, 0.3) is 5.91 Å². The average Bonchev–Trinajstić information content (AvgIpc) is 2.97. The number of nitrogens with two attached hydrogens (primary N) is 1. The van der Waals surface area contributed by atoms with Crippen LogP contribution in [0.25, 0.3) is 16.7 Å². The molecule has 0 aliphatic carbocycles. The first-order valence-corrected chi connectivity index (χ1v) is 8.08. The van der Waals surface area contributed by atoms with Crippen molar-refractivity contribution >= 4 is 28.1 Å². The summed E-state index contributed by atoms with van der Waals surface area (Å²) in [5.74, 6) is 4.81. The van der Waals surface area contributed by atoms with Gasteiger partial charge < -0.3 is 4.55 Å². The number of carbonyl (C=O) groups excluding carboxylic acids is 1. The maximum absolute atomic E-state index is 11.6. The van der Waals surface area contributed by atoms with Crippen molar-refractivity contribution in [3.05, 3.63) is 54.4 Å². The zero-order valence-corrected chi connectivity index (χ0v) is 12.6. The second-order valence-electron chi connectivity index (χ2n) is 4.74. The van der Waals surface area contributed by atoms with Crippen LogP contribution in [0, 0.1) is 0 Å². The highest BCUT2D eigenvalue weighted by Crippen LogP contribution is 2.21. The number of carbonyl (C=O) groups is 1. The monoisotopic (exact) mass is 314 g/mol. The van der Waals surface area contributed by atoms with Crippen LogP contribution in [0.1, 0.15) is 10.4 Å². The molecule has 1 aromatic heterocycles. The minimum absolute atomic E-state index is 0.355. The van der Waals surface area contributed by atoms with E-state index in [1.807, 2.05) is 28.8 Å². The molecular weight excluding hydrogens is 300 g/mol. The smallest absolute Gasteiger partial charge is 0.265 e. The summed E-state index contributed by atoms with van der Waals surface area (Å²) in [6.07, 6.45) is 3.33. The second kappa shape index (κ2) is 5.80. The summed E-state index contributed by atoms with van der Waals surface area (Å²) in [6, 6.07) is 12.5. The summed E-state index contributed by atoms with van der Waals surface area (Å²) >= 11 is -1.01. The number of nitrogens with one attached hydrogen (secondary N) is 1. The molecule has 1 atom stereocenters. The van der Waals surface area contributed by atoms with E-state index in [1.165, 1.54) is 0 Å². The predicted molar refractivity (Wildman–Crippen MR) is 85.1 cm³/mol. The highest BCUT2D eigenvalue weighted by atomic mass is 32.2. The Hall–Kier alpha value is -2.35. The minimum atomic E-state index is -1.01. The molecule has 6 nitrogen and oxygen atoms in total. The van der Waals surface area contributed by atoms with Gasteiger partial charge in [0.2, 0.25) is 0 Å². The number of nitrogen functional groups attached to an aromatic ring is 1. The Morgan fingerprint density at radius 1 is 1.27 bits per heavy atom. The molecule has 1 heterocycles. The molecule has 1 unspecified atom stereocenters. The first-order valence-electron chi connectivity index (χ1n) is 6.52. The van der Waals surface area contributed by atoms with Gasteiger partial charge in [0.15, 0.2) is 4.90 Å². The topological polar surface area (TPSA) is 96.0 Å². The van der Waals surface area contributed by atoms with Crippen LogP contribution in [-0.4, -0.2) is 26.3 Å². The molecule has 3 rings (SSSR count). The Morgan fingerprint density at radius 2 is 2.00 bits per heavy atom. The SMILES string of the molecule is C[S+]([O-])c1ccc(-n2cnc3ccc(C(=O)NN)cc32)cc1. The molecule has 0 aliphatic rings. The fraction of sp³-hybridized carbons (Fsp3) is 0.0667. The van der Waals surface area contributed by atoms with Crippen molar-refractivity contribution < 1.29 is 9.35 Å². The van der Waals surface area contributed by atoms with Gasteiger partial charge in [-0.15, -0.1) is 0 Å². The van der Waals surface area contributed by atoms with Crippen molar-refractivity contribution in [3.8, 4) is 5.69 Å². The van der Waals surface area contributed by atoms with Gasteiger partial charge >= 0.3 is 0 Å². The number of fused-ring (bicyclic) bond motifs is 1. The Morgan fingerprint density at radius 3 is 2.64 bits per heavy atom. The fourth-order valence-electron chi connectivity index (χ4n) is 2.24. The maximum Gasteiger partial charge on any atom is 0.265 e. The lowest BCUT2D eigenvalue weighted by Crippen LogP contribution is -2.29. The van der Waals surface area contributed by atoms with Crippen molar-refractivity contribution in [2.24, 2.45) is 5.84 Å². The molecule has 0 aliphatic heterocycles. The van der Waals surface area contributed by atoms with E-state index in [0.29, 0.717) is 5.56 Å². The third-order valence-corrected chi connectivity index (χ3v) is 4.32. The van der Waals surface area contributed by atoms with Gasteiger partial charge in [-0.3, -0.25) is 14.8 Å². The molecular formula is C15H14N4O2S. The van der Waals surface area contributed by atoms with Crippen LogP contribution < -0.4 is 11.3 Å². The van der Waals surface area contributed by atoms with Crippen LogP contribution in [0.15, 0.2) is 53.7 Å². The number of amides is 1. The largest absolute Gasteiger partial charge is 0.612 e. The van der Waals surface area contributed by atoms with Gasteiger partial charge in [-0.05, 0) is 53.6 Å². The molecule has 7 heteroatoms. The Bertz CT molecular complexity index is 827. The van der Waals surface area contributed by atoms with E-state index in [0.717, 1.165) is 21.6 Å². The molecule has 3 aromatic rings. The number of imidazole rings is 1. The standard InChI is InChI=1S/C15H14N4O2S/c1-22(21)12-5-3-11(4-6-12)19-9-17-13-7-2-10(8-14(13)19)15(20)18-16/h2-9H,16H2,1H3,(H,18,20). The van der Waals surface area contributed by atoms with Crippen LogP contribution in [0.3, 0.4) is 0 Å². The number of hydrazine groups is 1. The highest BCUT2D eigenvalue weighted by molar-refractivity contribution is 7.90. The lowest BCUT2D eigenvalue weighted by molar-refractivity contribution is 0.0954. The Kier molecular flexibility index (Phi) is 3.84. The molecule has 3 N–H and O–H groups in total. The van der Waals surface area contributed by atoms with Gasteiger partial charge in [0.05, 0.1) is 11.0 Å². The quantitative estimate of drug-likeness (QED) is 0.330. The molecule has 0 spiro atoms. The number of rotatable bonds is 3. The van der Waals surface area contributed by atoms with E-state index in [4.69, 9.17) is 5.84 Å². The van der Waals surface area contributed by atoms with E-state index in [1.54, 1.807) is 30.8 Å². The molecule has 0 saturated carbocycles. The molecule has 2 aromatic carbocycles. The number of benzene rings is 2. The summed E-state index contributed by atoms with van der Waals surface area (Å²) in [5, 5.41) is 0. The zero-order valence-electron chi connectivity index (χ0n) is 11.8. The lowest BCUT2D eigenvalue weighted by atomic mass is 10.2. The van der Waals surface area contributed by atoms with E-state index < -0.39 is 11.2 Å². The summed E-state index contributed by atoms with van der Waals surface area (Å²) in [4.78, 5) is 16.7. The Labute approximate surface area is 130 Å². The van der Waals surface area contributed by atoms with Crippen molar-refractivity contribution in [2.75, 3.05) is 6.26 Å². The van der Waals surface area contributed by atoms with Gasteiger partial charge in [-0.1, -0.05) is 0 Å². The molecule has 22 heavy (non-hydrogen) atoms. The first kappa shape index (κ1) is 14.6. The molecule has 0 saturated heterocycles. The molecule has 0 fully saturated rings. The number of aromatic nitrogens is 2. The van der Waals surface area contributed by atoms with Crippen molar-refractivity contribution in [1.29, 1.82) is 0 Å². The number of hydrogen-bond donors (Lipinski definition) is 2. The average molecular weight is 314 g/mol. The van der Waals surface area contributed by atoms with E-state index in [2.05, 4.69) is 10.4 Å². The van der Waals surface area contributed by atoms with Crippen LogP contribution in [0.4, 0.5) is 0 Å². The van der Waals surface area contributed by atoms with Crippen LogP contribution in [-0.2, 0) is 11.2 Å². The minimum Gasteiger partial charge on any atom is -0.612 e. The van der Waals surface area contributed by atoms with E-state index in [9.17, 15) is 9.35 Å². The van der Waals surface area contributed by atoms with E-state index in [-0.39, 0.29) is 5.91 Å². The normalized spacial score (nSPS) is 12.3. The zero-order chi connectivity index (χ0) is 15.7. The van der Waals surface area contributed by atoms with Gasteiger partial charge in [-0.25, -0.2) is 10.8 Å². The molecule has 0 bridgehead atoms. The number of hydrogen-bond acceptors (Lipinski definition) is 4. The van der Waals surface area contributed by atoms with Crippen LogP contribution in [0.2, 0.25) is 0 Å². The van der Waals surface area contributed by atoms with Crippen molar-refractivity contribution in [2.45, 2.75) is 4.90 Å². The summed E-state index contributed by atoms with van der Waals surface area (Å²) in [7, 11) is 0. The molecule has 0 radical (unpaired) electrons. The molecule has 112 valence electrons. The first-order chi connectivity index (χ1) is 10.6. The summed E-state index contributed by atoms with van der Waals surface area (Å²) < 4.78 is 13.3. The second-order valence-corrected chi connectivity index (χ2v) is 6.12. The summed E-state index contributed by atoms with van der Waals surface area (Å²) in [6.45, 7) is 0. The lowest BCUT2D eigenvalue weighted by Gasteiger charge is -2.08. The highest BCUT2D eigenvalue weighted by Gasteiger charge is 2.10. The van der Waals surface area contributed by atoms with Crippen molar-refractivity contribution in [3.63, 3.8) is 0 Å². The van der Waals surface area contributed by atoms with Gasteiger partial charge in [-0.2, -0.15) is 0 Å². The van der Waals surface area contributed by atoms with Crippen LogP contribution in [0.5, 0.6) is 0 Å². The van der Waals surface area contributed by atoms with Crippen molar-refractivity contribution in [1.82, 2.24) is 15.0 Å². The third-order valence-electron chi connectivity index (χ3n) is 3.39. The van der Waals surface area contributed by atoms with Gasteiger partial charge in [0.1, 0.15) is 12.6 Å². The third kappa shape index (κ3) is 2.57. The van der Waals surface area contributed by atoms with Gasteiger partial charge in [0, 0.05) is 11.3 Å². The predicted octanol–water partition coefficient (Wildman–Crippen LogP) is 1.37. The maximum atomic E-state index is 11.6. The van der Waals surface area contributed by atoms with Crippen LogP contribution >= 0.6 is 0 Å². The number of nitrogens with zero attached hydrogens (tertiary/aromatic N) is 2. The summed E-state index contributed by atoms with van der Waals surface area (Å²) in [5.41, 5.74) is 5.03. The fourth-order valence-corrected chi connectivity index (χ4v) is 2.76. The Balaban J connectivity index is 2.08. The molecule has 1 amide bonds.